The van der Waals surface area contributed by atoms with Crippen molar-refractivity contribution in [3.05, 3.63) is 54.1 Å². The SMILES string of the molecule is O=C(CSc1nc2ccccc2n1C(F)F)Nc1ccc(F)c(F)c1. The molecule has 2 aromatic carbocycles. The van der Waals surface area contributed by atoms with E-state index in [9.17, 15) is 22.4 Å². The lowest BCUT2D eigenvalue weighted by molar-refractivity contribution is -0.113. The molecule has 0 radical (unpaired) electrons. The number of amides is 1. The number of carbonyl (C=O) groups excluding carboxylic acids is 1. The van der Waals surface area contributed by atoms with Crippen LogP contribution in [0.15, 0.2) is 47.6 Å². The summed E-state index contributed by atoms with van der Waals surface area (Å²) in [6.45, 7) is -2.80. The van der Waals surface area contributed by atoms with Gasteiger partial charge in [-0.05, 0) is 24.3 Å². The number of rotatable bonds is 5. The lowest BCUT2D eigenvalue weighted by Gasteiger charge is -2.08. The molecule has 1 N–H and O–H groups in total. The molecule has 0 aliphatic heterocycles. The van der Waals surface area contributed by atoms with Crippen molar-refractivity contribution in [1.29, 1.82) is 0 Å². The van der Waals surface area contributed by atoms with Crippen LogP contribution in [0.1, 0.15) is 6.55 Å². The third-order valence-electron chi connectivity index (χ3n) is 3.29. The number of imidazole rings is 1. The van der Waals surface area contributed by atoms with Gasteiger partial charge in [-0.15, -0.1) is 0 Å². The van der Waals surface area contributed by atoms with Gasteiger partial charge < -0.3 is 5.32 Å². The first-order valence-electron chi connectivity index (χ1n) is 7.08. The van der Waals surface area contributed by atoms with Crippen LogP contribution in [-0.4, -0.2) is 21.2 Å². The van der Waals surface area contributed by atoms with Gasteiger partial charge in [-0.25, -0.2) is 13.8 Å². The third kappa shape index (κ3) is 3.76. The second-order valence-electron chi connectivity index (χ2n) is 5.00. The summed E-state index contributed by atoms with van der Waals surface area (Å²) in [5, 5.41) is 2.37. The molecular formula is C16H11F4N3OS. The summed E-state index contributed by atoms with van der Waals surface area (Å²) in [5.41, 5.74) is 0.735. The first-order chi connectivity index (χ1) is 12.0. The zero-order valence-corrected chi connectivity index (χ0v) is 13.4. The molecular weight excluding hydrogens is 358 g/mol. The Kier molecular flexibility index (Phi) is 4.93. The molecule has 25 heavy (non-hydrogen) atoms. The molecule has 1 heterocycles. The predicted molar refractivity (Wildman–Crippen MR) is 86.7 cm³/mol. The minimum Gasteiger partial charge on any atom is -0.325 e. The van der Waals surface area contributed by atoms with Crippen LogP contribution in [0.5, 0.6) is 0 Å². The Morgan fingerprint density at radius 3 is 2.64 bits per heavy atom. The van der Waals surface area contributed by atoms with Gasteiger partial charge in [0, 0.05) is 11.8 Å². The van der Waals surface area contributed by atoms with Gasteiger partial charge in [0.15, 0.2) is 16.8 Å². The quantitative estimate of drug-likeness (QED) is 0.534. The van der Waals surface area contributed by atoms with Crippen molar-refractivity contribution in [3.63, 3.8) is 0 Å². The minimum atomic E-state index is -2.80. The van der Waals surface area contributed by atoms with Crippen molar-refractivity contribution < 1.29 is 22.4 Å². The highest BCUT2D eigenvalue weighted by atomic mass is 32.2. The van der Waals surface area contributed by atoms with E-state index in [4.69, 9.17) is 0 Å². The molecule has 0 spiro atoms. The van der Waals surface area contributed by atoms with Gasteiger partial charge in [-0.3, -0.25) is 9.36 Å². The molecule has 0 saturated carbocycles. The molecule has 1 aromatic heterocycles. The first kappa shape index (κ1) is 17.3. The zero-order valence-electron chi connectivity index (χ0n) is 12.5. The van der Waals surface area contributed by atoms with Crippen LogP contribution in [0.2, 0.25) is 0 Å². The maximum atomic E-state index is 13.3. The Labute approximate surface area is 143 Å². The molecule has 0 saturated heterocycles. The topological polar surface area (TPSA) is 46.9 Å². The van der Waals surface area contributed by atoms with E-state index in [-0.39, 0.29) is 22.1 Å². The second-order valence-corrected chi connectivity index (χ2v) is 5.94. The number of nitrogens with one attached hydrogen (secondary N) is 1. The van der Waals surface area contributed by atoms with Gasteiger partial charge in [-0.1, -0.05) is 23.9 Å². The molecule has 0 aliphatic carbocycles. The average Bonchev–Trinajstić information content (AvgIpc) is 2.95. The summed E-state index contributed by atoms with van der Waals surface area (Å²) in [4.78, 5) is 16.0. The highest BCUT2D eigenvalue weighted by molar-refractivity contribution is 7.99. The molecule has 9 heteroatoms. The van der Waals surface area contributed by atoms with Crippen LogP contribution in [-0.2, 0) is 4.79 Å². The fourth-order valence-corrected chi connectivity index (χ4v) is 3.03. The minimum absolute atomic E-state index is 0.00311. The monoisotopic (exact) mass is 369 g/mol. The van der Waals surface area contributed by atoms with Crippen LogP contribution in [0.25, 0.3) is 11.0 Å². The molecule has 0 bridgehead atoms. The van der Waals surface area contributed by atoms with E-state index in [2.05, 4.69) is 10.3 Å². The van der Waals surface area contributed by atoms with Crippen molar-refractivity contribution >= 4 is 34.4 Å². The van der Waals surface area contributed by atoms with Crippen molar-refractivity contribution in [3.8, 4) is 0 Å². The van der Waals surface area contributed by atoms with Crippen molar-refractivity contribution in [2.45, 2.75) is 11.7 Å². The number of aromatic nitrogens is 2. The van der Waals surface area contributed by atoms with E-state index in [1.807, 2.05) is 0 Å². The fraction of sp³-hybridized carbons (Fsp3) is 0.125. The molecule has 3 rings (SSSR count). The Balaban J connectivity index is 1.72. The summed E-state index contributed by atoms with van der Waals surface area (Å²) in [6, 6.07) is 9.33. The van der Waals surface area contributed by atoms with Gasteiger partial charge >= 0.3 is 6.55 Å². The second kappa shape index (κ2) is 7.14. The van der Waals surface area contributed by atoms with E-state index in [1.165, 1.54) is 12.1 Å². The molecule has 1 amide bonds. The molecule has 4 nitrogen and oxygen atoms in total. The number of nitrogens with zero attached hydrogens (tertiary/aromatic N) is 2. The number of alkyl halides is 2. The van der Waals surface area contributed by atoms with Crippen molar-refractivity contribution in [2.75, 3.05) is 11.1 Å². The van der Waals surface area contributed by atoms with Crippen LogP contribution in [0, 0.1) is 11.6 Å². The van der Waals surface area contributed by atoms with E-state index >= 15 is 0 Å². The first-order valence-corrected chi connectivity index (χ1v) is 8.07. The van der Waals surface area contributed by atoms with E-state index in [1.54, 1.807) is 18.2 Å². The number of para-hydroxylation sites is 2. The molecule has 0 fully saturated rings. The Morgan fingerprint density at radius 2 is 1.92 bits per heavy atom. The predicted octanol–water partition coefficient (Wildman–Crippen LogP) is 4.44. The fourth-order valence-electron chi connectivity index (χ4n) is 2.21. The average molecular weight is 369 g/mol. The van der Waals surface area contributed by atoms with Gasteiger partial charge in [0.25, 0.3) is 0 Å². The number of halogens is 4. The summed E-state index contributed by atoms with van der Waals surface area (Å²) in [6.07, 6.45) is 0. The normalized spacial score (nSPS) is 11.2. The molecule has 0 atom stereocenters. The van der Waals surface area contributed by atoms with Gasteiger partial charge in [0.2, 0.25) is 5.91 Å². The number of hydrogen-bond donors (Lipinski definition) is 1. The van der Waals surface area contributed by atoms with Crippen LogP contribution in [0.3, 0.4) is 0 Å². The maximum absolute atomic E-state index is 13.3. The van der Waals surface area contributed by atoms with Crippen molar-refractivity contribution in [2.24, 2.45) is 0 Å². The van der Waals surface area contributed by atoms with E-state index < -0.39 is 24.1 Å². The van der Waals surface area contributed by atoms with Gasteiger partial charge in [0.1, 0.15) is 0 Å². The molecule has 3 aromatic rings. The summed E-state index contributed by atoms with van der Waals surface area (Å²) < 4.78 is 53.3. The van der Waals surface area contributed by atoms with E-state index in [0.717, 1.165) is 28.5 Å². The van der Waals surface area contributed by atoms with Crippen molar-refractivity contribution in [1.82, 2.24) is 9.55 Å². The number of thioether (sulfide) groups is 1. The summed E-state index contributed by atoms with van der Waals surface area (Å²) in [7, 11) is 0. The third-order valence-corrected chi connectivity index (χ3v) is 4.25. The number of hydrogen-bond acceptors (Lipinski definition) is 3. The number of carbonyl (C=O) groups is 1. The Morgan fingerprint density at radius 1 is 1.16 bits per heavy atom. The number of fused-ring (bicyclic) bond motifs is 1. The molecule has 130 valence electrons. The highest BCUT2D eigenvalue weighted by Crippen LogP contribution is 2.29. The van der Waals surface area contributed by atoms with Crippen LogP contribution >= 0.6 is 11.8 Å². The zero-order chi connectivity index (χ0) is 18.0. The largest absolute Gasteiger partial charge is 0.325 e. The smallest absolute Gasteiger partial charge is 0.321 e. The Hall–Kier alpha value is -2.55. The van der Waals surface area contributed by atoms with Gasteiger partial charge in [0.05, 0.1) is 16.8 Å². The standard InChI is InChI=1S/C16H11F4N3OS/c17-10-6-5-9(7-11(10)18)21-14(24)8-25-16-22-12-3-1-2-4-13(12)23(16)15(19)20/h1-7,15H,8H2,(H,21,24). The molecule has 0 aliphatic rings. The van der Waals surface area contributed by atoms with Crippen LogP contribution in [0.4, 0.5) is 23.2 Å². The number of anilines is 1. The van der Waals surface area contributed by atoms with E-state index in [0.29, 0.717) is 5.52 Å². The Bertz CT molecular complexity index is 929. The lowest BCUT2D eigenvalue weighted by Crippen LogP contribution is -2.15. The lowest BCUT2D eigenvalue weighted by atomic mass is 10.3. The summed E-state index contributed by atoms with van der Waals surface area (Å²) in [5.74, 6) is -2.89. The molecule has 0 unspecified atom stereocenters. The number of benzene rings is 2. The summed E-state index contributed by atoms with van der Waals surface area (Å²) >= 11 is 0.828. The maximum Gasteiger partial charge on any atom is 0.321 e. The van der Waals surface area contributed by atoms with Crippen LogP contribution < -0.4 is 5.32 Å². The van der Waals surface area contributed by atoms with Gasteiger partial charge in [-0.2, -0.15) is 8.78 Å². The highest BCUT2D eigenvalue weighted by Gasteiger charge is 2.18.